The zero-order valence-corrected chi connectivity index (χ0v) is 38.2. The molecule has 4 aromatic carbocycles. The maximum atomic E-state index is 14.2. The maximum absolute atomic E-state index is 14.2. The Hall–Kier alpha value is -5.17. The van der Waals surface area contributed by atoms with Gasteiger partial charge in [0.15, 0.2) is 0 Å². The van der Waals surface area contributed by atoms with E-state index in [1.165, 1.54) is 32.9 Å². The van der Waals surface area contributed by atoms with E-state index < -0.39 is 17.7 Å². The van der Waals surface area contributed by atoms with Crippen molar-refractivity contribution in [1.82, 2.24) is 15.0 Å². The molecule has 0 saturated carbocycles. The molecule has 7 aromatic rings. The van der Waals surface area contributed by atoms with Crippen molar-refractivity contribution >= 4 is 82.6 Å². The van der Waals surface area contributed by atoms with Gasteiger partial charge in [0.05, 0.1) is 17.1 Å². The number of carbonyl (C=O) groups is 3. The molecule has 0 aliphatic carbocycles. The predicted molar refractivity (Wildman–Crippen MR) is 233 cm³/mol. The molecule has 3 heterocycles. The number of nitrogens with zero attached hydrogens (tertiary/aromatic N) is 6. The van der Waals surface area contributed by atoms with Gasteiger partial charge in [-0.2, -0.15) is 0 Å². The Kier molecular flexibility index (Phi) is 13.6. The van der Waals surface area contributed by atoms with Gasteiger partial charge in [-0.15, -0.1) is 89.5 Å². The summed E-state index contributed by atoms with van der Waals surface area (Å²) in [4.78, 5) is 60.5. The fourth-order valence-electron chi connectivity index (χ4n) is 5.92. The van der Waals surface area contributed by atoms with Crippen molar-refractivity contribution < 1.29 is 34.5 Å². The van der Waals surface area contributed by atoms with E-state index in [-0.39, 0.29) is 36.8 Å². The van der Waals surface area contributed by atoms with Crippen molar-refractivity contribution in [1.29, 1.82) is 0 Å². The van der Waals surface area contributed by atoms with E-state index in [0.717, 1.165) is 30.1 Å². The number of hydrogen-bond acceptors (Lipinski definition) is 6. The number of pyridine rings is 3. The molecule has 0 aliphatic heterocycles. The van der Waals surface area contributed by atoms with Crippen LogP contribution >= 0.6 is 47.8 Å². The van der Waals surface area contributed by atoms with E-state index >= 15 is 0 Å². The van der Waals surface area contributed by atoms with Crippen molar-refractivity contribution in [2.24, 2.45) is 0 Å². The fraction of sp³-hybridized carbons (Fsp3) is 0.0667. The zero-order chi connectivity index (χ0) is 40.2. The fourth-order valence-corrected chi connectivity index (χ4v) is 7.01. The van der Waals surface area contributed by atoms with Crippen molar-refractivity contribution in [3.8, 4) is 33.8 Å². The number of carbonyl (C=O) groups excluding carboxylic acids is 3. The summed E-state index contributed by atoms with van der Waals surface area (Å²) in [6.45, 7) is 0. The molecule has 0 bridgehead atoms. The molecular weight excluding hydrogens is 1100 g/mol. The normalized spacial score (nSPS) is 10.7. The van der Waals surface area contributed by atoms with Crippen molar-refractivity contribution in [2.45, 2.75) is 0 Å². The van der Waals surface area contributed by atoms with E-state index in [1.807, 2.05) is 36.4 Å². The minimum Gasteiger partial charge on any atom is -0.310 e. The van der Waals surface area contributed by atoms with Crippen LogP contribution in [0.2, 0.25) is 0 Å². The van der Waals surface area contributed by atoms with Gasteiger partial charge >= 0.3 is 20.1 Å². The Morgan fingerprint density at radius 1 is 0.448 bits per heavy atom. The van der Waals surface area contributed by atoms with Crippen LogP contribution in [-0.2, 0) is 20.1 Å². The molecule has 0 fully saturated rings. The Bertz CT molecular complexity index is 2330. The minimum atomic E-state index is -0.444. The molecule has 0 atom stereocenters. The third kappa shape index (κ3) is 9.57. The summed E-state index contributed by atoms with van der Waals surface area (Å²) >= 11 is 10.4. The van der Waals surface area contributed by atoms with Crippen LogP contribution in [0, 0.1) is 18.2 Å². The second-order valence-corrected chi connectivity index (χ2v) is 15.6. The Labute approximate surface area is 374 Å². The molecule has 58 heavy (non-hydrogen) atoms. The number of hydrogen-bond donors (Lipinski definition) is 0. The molecule has 0 spiro atoms. The largest absolute Gasteiger partial charge is 3.00 e. The van der Waals surface area contributed by atoms with Crippen LogP contribution in [-0.4, -0.2) is 53.8 Å². The molecule has 3 amide bonds. The summed E-state index contributed by atoms with van der Waals surface area (Å²) in [7, 11) is 4.85. The first-order chi connectivity index (χ1) is 27.4. The van der Waals surface area contributed by atoms with Crippen molar-refractivity contribution in [3.05, 3.63) is 176 Å². The van der Waals surface area contributed by atoms with Crippen molar-refractivity contribution in [3.63, 3.8) is 0 Å². The summed E-state index contributed by atoms with van der Waals surface area (Å²) in [6, 6.07) is 41.5. The van der Waals surface area contributed by atoms with Crippen molar-refractivity contribution in [2.75, 3.05) is 35.8 Å². The first kappa shape index (κ1) is 42.4. The number of amides is 3. The van der Waals surface area contributed by atoms with Gasteiger partial charge in [-0.25, -0.2) is 0 Å². The van der Waals surface area contributed by atoms with Gasteiger partial charge in [0.2, 0.25) is 0 Å². The predicted octanol–water partition coefficient (Wildman–Crippen LogP) is 10.4. The van der Waals surface area contributed by atoms with Gasteiger partial charge in [-0.05, 0) is 53.5 Å². The van der Waals surface area contributed by atoms with Crippen LogP contribution < -0.4 is 14.7 Å². The summed E-state index contributed by atoms with van der Waals surface area (Å²) < 4.78 is 2.68. The molecule has 0 unspecified atom stereocenters. The number of anilines is 3. The molecule has 13 heteroatoms. The average molecular weight is 1130 g/mol. The monoisotopic (exact) mass is 1130 g/mol. The topological polar surface area (TPSA) is 99.6 Å². The molecular formula is C45H30Br3IrN6O3. The van der Waals surface area contributed by atoms with Crippen LogP contribution in [0.25, 0.3) is 33.8 Å². The second-order valence-electron chi connectivity index (χ2n) is 12.9. The Morgan fingerprint density at radius 3 is 0.948 bits per heavy atom. The Balaban J connectivity index is 0.00000567. The number of benzene rings is 4. The van der Waals surface area contributed by atoms with E-state index in [9.17, 15) is 14.4 Å². The smallest absolute Gasteiger partial charge is 0.310 e. The van der Waals surface area contributed by atoms with E-state index in [1.54, 1.807) is 94.3 Å². The molecule has 0 saturated heterocycles. The zero-order valence-electron chi connectivity index (χ0n) is 31.0. The number of aromatic nitrogens is 3. The van der Waals surface area contributed by atoms with Gasteiger partial charge in [-0.1, -0.05) is 79.4 Å². The molecule has 0 N–H and O–H groups in total. The van der Waals surface area contributed by atoms with E-state index in [0.29, 0.717) is 34.1 Å². The van der Waals surface area contributed by atoms with Gasteiger partial charge in [-0.3, -0.25) is 14.4 Å². The summed E-state index contributed by atoms with van der Waals surface area (Å²) in [6.07, 6.45) is 4.78. The van der Waals surface area contributed by atoms with E-state index in [2.05, 4.69) is 80.9 Å². The minimum absolute atomic E-state index is 0. The van der Waals surface area contributed by atoms with E-state index in [4.69, 9.17) is 0 Å². The third-order valence-electron chi connectivity index (χ3n) is 9.11. The van der Waals surface area contributed by atoms with Crippen LogP contribution in [0.1, 0.15) is 31.1 Å². The summed E-state index contributed by atoms with van der Waals surface area (Å²) in [5.74, 6) is -1.33. The maximum Gasteiger partial charge on any atom is 3.00 e. The van der Waals surface area contributed by atoms with Crippen LogP contribution in [0.3, 0.4) is 0 Å². The standard InChI is InChI=1S/C45H30Br3N6O3.Ir/c1-52(37-13-16-40(49-25-37)28-7-4-10-34(46)22-28)43(55)31-19-32(44(56)53(2)38-14-17-41(50-26-38)29-8-5-11-35(47)23-29)21-33(20-31)45(57)54(3)39-15-18-42(51-27-39)30-9-6-12-36(48)24-30;/h4-6,10-27H,1-3H3;/q-3;+3. The quantitative estimate of drug-likeness (QED) is 0.134. The first-order valence-corrected chi connectivity index (χ1v) is 19.7. The summed E-state index contributed by atoms with van der Waals surface area (Å²) in [5.41, 5.74) is 6.37. The third-order valence-corrected chi connectivity index (χ3v) is 10.6. The number of halogens is 3. The van der Waals surface area contributed by atoms with Crippen LogP contribution in [0.5, 0.6) is 0 Å². The Morgan fingerprint density at radius 2 is 0.724 bits per heavy atom. The molecule has 0 radical (unpaired) electrons. The van der Waals surface area contributed by atoms with Gasteiger partial charge in [0, 0.05) is 56.4 Å². The molecule has 9 nitrogen and oxygen atoms in total. The molecule has 7 rings (SSSR count). The SMILES string of the molecule is CN(C(=O)c1cc(C(=O)N(C)c2ccc(-c3[c-]ccc(Br)c3)nc2)cc(C(=O)N(C)c2ccc(-c3[c-]ccc(Br)c3)nc2)c1)c1ccc(-c2[c-]ccc(Br)c2)nc1.[Ir+3]. The average Bonchev–Trinajstić information content (AvgIpc) is 3.25. The summed E-state index contributed by atoms with van der Waals surface area (Å²) in [5, 5.41) is 0. The first-order valence-electron chi connectivity index (χ1n) is 17.4. The van der Waals surface area contributed by atoms with Gasteiger partial charge in [0.25, 0.3) is 17.7 Å². The molecule has 3 aromatic heterocycles. The van der Waals surface area contributed by atoms with Crippen LogP contribution in [0.15, 0.2) is 141 Å². The van der Waals surface area contributed by atoms with Gasteiger partial charge in [0.1, 0.15) is 0 Å². The van der Waals surface area contributed by atoms with Gasteiger partial charge < -0.3 is 29.7 Å². The number of rotatable bonds is 9. The van der Waals surface area contributed by atoms with Crippen LogP contribution in [0.4, 0.5) is 17.1 Å². The molecule has 288 valence electrons. The molecule has 0 aliphatic rings. The second kappa shape index (κ2) is 18.6.